The Kier molecular flexibility index (Phi) is 3.63. The first kappa shape index (κ1) is 12.8. The van der Waals surface area contributed by atoms with Gasteiger partial charge >= 0.3 is 0 Å². The van der Waals surface area contributed by atoms with Gasteiger partial charge in [0.25, 0.3) is 0 Å². The Balaban J connectivity index is 1.95. The van der Waals surface area contributed by atoms with Crippen LogP contribution in [0.15, 0.2) is 0 Å². The van der Waals surface area contributed by atoms with E-state index >= 15 is 0 Å². The van der Waals surface area contributed by atoms with Crippen molar-refractivity contribution in [2.24, 2.45) is 0 Å². The van der Waals surface area contributed by atoms with Gasteiger partial charge < -0.3 is 9.64 Å². The van der Waals surface area contributed by atoms with Crippen LogP contribution in [0.2, 0.25) is 0 Å². The second-order valence-corrected chi connectivity index (χ2v) is 5.61. The highest BCUT2D eigenvalue weighted by atomic mass is 32.1. The summed E-state index contributed by atoms with van der Waals surface area (Å²) >= 11 is 6.66. The summed E-state index contributed by atoms with van der Waals surface area (Å²) in [7, 11) is 0. The molecule has 0 spiro atoms. The molecule has 3 heterocycles. The lowest BCUT2D eigenvalue weighted by Gasteiger charge is -2.26. The molecule has 2 aromatic heterocycles. The molecule has 3 rings (SSSR count). The van der Waals surface area contributed by atoms with Gasteiger partial charge in [-0.15, -0.1) is 0 Å². The molecular formula is C11H15N5OS2. The molecule has 1 fully saturated rings. The third kappa shape index (κ3) is 2.56. The maximum Gasteiger partial charge on any atom is 0.213 e. The normalized spacial score (nSPS) is 15.9. The summed E-state index contributed by atoms with van der Waals surface area (Å²) in [6.07, 6.45) is 0.879. The van der Waals surface area contributed by atoms with E-state index in [1.54, 1.807) is 11.3 Å². The first-order chi connectivity index (χ1) is 9.28. The molecule has 2 aromatic rings. The number of thiazole rings is 1. The van der Waals surface area contributed by atoms with Gasteiger partial charge in [-0.25, -0.2) is 4.98 Å². The van der Waals surface area contributed by atoms with Gasteiger partial charge in [-0.3, -0.25) is 10.2 Å². The highest BCUT2D eigenvalue weighted by molar-refractivity contribution is 7.71. The molecule has 0 atom stereocenters. The summed E-state index contributed by atoms with van der Waals surface area (Å²) in [5.74, 6) is 0.777. The van der Waals surface area contributed by atoms with Gasteiger partial charge in [-0.2, -0.15) is 4.98 Å². The van der Waals surface area contributed by atoms with Crippen molar-refractivity contribution in [2.45, 2.75) is 13.3 Å². The largest absolute Gasteiger partial charge is 0.378 e. The van der Waals surface area contributed by atoms with E-state index in [0.717, 1.165) is 54.3 Å². The number of H-pyrrole nitrogens is 2. The zero-order chi connectivity index (χ0) is 13.2. The number of aryl methyl sites for hydroxylation is 1. The van der Waals surface area contributed by atoms with E-state index in [-0.39, 0.29) is 0 Å². The Labute approximate surface area is 119 Å². The maximum atomic E-state index is 5.37. The summed E-state index contributed by atoms with van der Waals surface area (Å²) in [6, 6.07) is 0. The molecule has 1 saturated heterocycles. The van der Waals surface area contributed by atoms with Crippen molar-refractivity contribution in [2.75, 3.05) is 31.2 Å². The van der Waals surface area contributed by atoms with Crippen molar-refractivity contribution in [3.63, 3.8) is 0 Å². The van der Waals surface area contributed by atoms with Gasteiger partial charge in [0.15, 0.2) is 11.0 Å². The van der Waals surface area contributed by atoms with E-state index in [4.69, 9.17) is 21.9 Å². The minimum atomic E-state index is 0.471. The molecule has 6 nitrogen and oxygen atoms in total. The van der Waals surface area contributed by atoms with Gasteiger partial charge in [0.2, 0.25) is 4.77 Å². The van der Waals surface area contributed by atoms with Crippen LogP contribution < -0.4 is 4.90 Å². The average Bonchev–Trinajstić information content (AvgIpc) is 3.05. The van der Waals surface area contributed by atoms with Gasteiger partial charge in [0.1, 0.15) is 0 Å². The van der Waals surface area contributed by atoms with Crippen LogP contribution in [0, 0.1) is 4.77 Å². The first-order valence-corrected chi connectivity index (χ1v) is 7.48. The number of nitrogens with one attached hydrogen (secondary N) is 2. The molecular weight excluding hydrogens is 282 g/mol. The number of hydrogen-bond acceptors (Lipinski definition) is 6. The topological polar surface area (TPSA) is 69.8 Å². The molecule has 0 radical (unpaired) electrons. The average molecular weight is 297 g/mol. The minimum absolute atomic E-state index is 0.471. The number of anilines is 1. The maximum absolute atomic E-state index is 5.37. The van der Waals surface area contributed by atoms with E-state index < -0.39 is 0 Å². The molecule has 1 aliphatic heterocycles. The number of ether oxygens (including phenoxy) is 1. The van der Waals surface area contributed by atoms with Crippen LogP contribution in [0.4, 0.5) is 5.13 Å². The fraction of sp³-hybridized carbons (Fsp3) is 0.545. The summed E-state index contributed by atoms with van der Waals surface area (Å²) in [5.41, 5.74) is 1.06. The van der Waals surface area contributed by atoms with Gasteiger partial charge in [0, 0.05) is 13.1 Å². The highest BCUT2D eigenvalue weighted by Crippen LogP contribution is 2.33. The van der Waals surface area contributed by atoms with E-state index in [0.29, 0.717) is 4.77 Å². The molecule has 0 bridgehead atoms. The third-order valence-electron chi connectivity index (χ3n) is 3.02. The monoisotopic (exact) mass is 297 g/mol. The summed E-state index contributed by atoms with van der Waals surface area (Å²) in [4.78, 5) is 12.3. The van der Waals surface area contributed by atoms with Crippen molar-refractivity contribution in [3.8, 4) is 10.7 Å². The van der Waals surface area contributed by atoms with Crippen LogP contribution in [0.1, 0.15) is 12.6 Å². The van der Waals surface area contributed by atoms with Crippen LogP contribution in [0.25, 0.3) is 10.7 Å². The standard InChI is InChI=1S/C11H15N5OS2/c1-2-7-8(9-13-10(18)15-14-9)19-11(12-7)16-3-5-17-6-4-16/h2-6H2,1H3,(H2,13,14,15,18). The van der Waals surface area contributed by atoms with Crippen molar-refractivity contribution in [1.82, 2.24) is 20.2 Å². The van der Waals surface area contributed by atoms with Crippen molar-refractivity contribution >= 4 is 28.7 Å². The summed E-state index contributed by atoms with van der Waals surface area (Å²) in [6.45, 7) is 5.42. The van der Waals surface area contributed by atoms with Crippen LogP contribution in [-0.4, -0.2) is 46.5 Å². The van der Waals surface area contributed by atoms with Gasteiger partial charge in [-0.05, 0) is 18.6 Å². The van der Waals surface area contributed by atoms with Gasteiger partial charge in [-0.1, -0.05) is 18.3 Å². The minimum Gasteiger partial charge on any atom is -0.378 e. The van der Waals surface area contributed by atoms with Gasteiger partial charge in [0.05, 0.1) is 23.8 Å². The van der Waals surface area contributed by atoms with E-state index in [2.05, 4.69) is 27.0 Å². The Morgan fingerprint density at radius 3 is 2.74 bits per heavy atom. The Morgan fingerprint density at radius 1 is 1.32 bits per heavy atom. The Bertz CT molecular complexity index is 611. The van der Waals surface area contributed by atoms with Crippen molar-refractivity contribution in [3.05, 3.63) is 10.5 Å². The Hall–Kier alpha value is -1.25. The summed E-state index contributed by atoms with van der Waals surface area (Å²) in [5, 5.41) is 6.87. The molecule has 0 amide bonds. The molecule has 1 aliphatic rings. The summed E-state index contributed by atoms with van der Waals surface area (Å²) < 4.78 is 5.84. The lowest BCUT2D eigenvalue weighted by Crippen LogP contribution is -2.36. The van der Waals surface area contributed by atoms with Crippen LogP contribution in [0.3, 0.4) is 0 Å². The number of morpholine rings is 1. The van der Waals surface area contributed by atoms with Crippen LogP contribution >= 0.6 is 23.6 Å². The number of hydrogen-bond donors (Lipinski definition) is 2. The second-order valence-electron chi connectivity index (χ2n) is 4.24. The first-order valence-electron chi connectivity index (χ1n) is 6.25. The number of aromatic nitrogens is 4. The molecule has 0 unspecified atom stereocenters. The second kappa shape index (κ2) is 5.40. The fourth-order valence-electron chi connectivity index (χ4n) is 2.03. The molecule has 102 valence electrons. The molecule has 19 heavy (non-hydrogen) atoms. The lowest BCUT2D eigenvalue weighted by atomic mass is 10.3. The molecule has 0 aromatic carbocycles. The number of aromatic amines is 2. The lowest BCUT2D eigenvalue weighted by molar-refractivity contribution is 0.122. The zero-order valence-corrected chi connectivity index (χ0v) is 12.2. The van der Waals surface area contributed by atoms with Crippen LogP contribution in [-0.2, 0) is 11.2 Å². The molecule has 2 N–H and O–H groups in total. The Morgan fingerprint density at radius 2 is 2.11 bits per heavy atom. The molecule has 8 heteroatoms. The van der Waals surface area contributed by atoms with Crippen molar-refractivity contribution in [1.29, 1.82) is 0 Å². The SMILES string of the molecule is CCc1nc(N2CCOCC2)sc1-c1nc(=S)[nH][nH]1. The number of rotatable bonds is 3. The predicted octanol–water partition coefficient (Wildman–Crippen LogP) is 1.99. The third-order valence-corrected chi connectivity index (χ3v) is 4.38. The van der Waals surface area contributed by atoms with E-state index in [1.807, 2.05) is 0 Å². The van der Waals surface area contributed by atoms with E-state index in [9.17, 15) is 0 Å². The van der Waals surface area contributed by atoms with Crippen molar-refractivity contribution < 1.29 is 4.74 Å². The smallest absolute Gasteiger partial charge is 0.213 e. The number of nitrogens with zero attached hydrogens (tertiary/aromatic N) is 3. The predicted molar refractivity (Wildman–Crippen MR) is 77.3 cm³/mol. The quantitative estimate of drug-likeness (QED) is 0.848. The highest BCUT2D eigenvalue weighted by Gasteiger charge is 2.19. The fourth-order valence-corrected chi connectivity index (χ4v) is 3.32. The van der Waals surface area contributed by atoms with E-state index in [1.165, 1.54) is 0 Å². The van der Waals surface area contributed by atoms with Crippen LogP contribution in [0.5, 0.6) is 0 Å². The molecule has 0 aliphatic carbocycles. The molecule has 0 saturated carbocycles. The zero-order valence-electron chi connectivity index (χ0n) is 10.6.